The van der Waals surface area contributed by atoms with Crippen molar-refractivity contribution in [3.63, 3.8) is 0 Å². The average Bonchev–Trinajstić information content (AvgIpc) is 3.47. The highest BCUT2D eigenvalue weighted by Gasteiger charge is 2.26. The summed E-state index contributed by atoms with van der Waals surface area (Å²) in [6.07, 6.45) is 3.25. The van der Waals surface area contributed by atoms with Crippen LogP contribution in [0.1, 0.15) is 16.1 Å². The van der Waals surface area contributed by atoms with E-state index in [2.05, 4.69) is 25.1 Å². The van der Waals surface area contributed by atoms with E-state index >= 15 is 0 Å². The summed E-state index contributed by atoms with van der Waals surface area (Å²) in [7, 11) is 1.26. The fourth-order valence-corrected chi connectivity index (χ4v) is 3.16. The highest BCUT2D eigenvalue weighted by Crippen LogP contribution is 2.30. The van der Waals surface area contributed by atoms with Crippen molar-refractivity contribution in [2.45, 2.75) is 12.5 Å². The first-order valence-electron chi connectivity index (χ1n) is 9.36. The van der Waals surface area contributed by atoms with Crippen molar-refractivity contribution in [1.29, 1.82) is 0 Å². The molecule has 0 aliphatic heterocycles. The fraction of sp³-hybridized carbons (Fsp3) is 0.136. The van der Waals surface area contributed by atoms with Crippen molar-refractivity contribution >= 4 is 28.7 Å². The molecule has 0 saturated heterocycles. The lowest BCUT2D eigenvalue weighted by molar-refractivity contribution is -0.142. The van der Waals surface area contributed by atoms with E-state index in [1.165, 1.54) is 13.4 Å². The van der Waals surface area contributed by atoms with Crippen molar-refractivity contribution in [2.75, 3.05) is 7.11 Å². The zero-order valence-corrected chi connectivity index (χ0v) is 16.5. The molecule has 0 aliphatic carbocycles. The second-order valence-corrected chi connectivity index (χ2v) is 6.68. The number of carbonyl (C=O) groups is 2. The Hall–Kier alpha value is -4.45. The molecule has 0 bridgehead atoms. The van der Waals surface area contributed by atoms with Gasteiger partial charge in [-0.2, -0.15) is 0 Å². The van der Waals surface area contributed by atoms with E-state index in [9.17, 15) is 9.59 Å². The Balaban J connectivity index is 1.70. The molecule has 2 heterocycles. The number of esters is 1. The van der Waals surface area contributed by atoms with Crippen LogP contribution in [0.15, 0.2) is 59.4 Å². The summed E-state index contributed by atoms with van der Waals surface area (Å²) in [5, 5.41) is 2.71. The zero-order chi connectivity index (χ0) is 21.8. The van der Waals surface area contributed by atoms with E-state index in [1.807, 2.05) is 12.1 Å². The standard InChI is InChI=1S/C22H17N5O4/c1-23-13-7-8-15(16(9-13)21-27-17-5-3-4-6-19(17)31-21)20(28)26-18(22(29)30-2)10-14-11-24-12-25-14/h1,3-9,11-12,18H,10H2,2H3,(H-,24,25,26,28)/p+1/t18-/m1/s1. The van der Waals surface area contributed by atoms with Crippen molar-refractivity contribution < 1.29 is 18.7 Å². The average molecular weight is 416 g/mol. The van der Waals surface area contributed by atoms with Crippen LogP contribution < -0.4 is 5.32 Å². The number of carbonyl (C=O) groups excluding carboxylic acids is 2. The third-order valence-corrected chi connectivity index (χ3v) is 4.69. The van der Waals surface area contributed by atoms with Crippen LogP contribution >= 0.6 is 0 Å². The first kappa shape index (κ1) is 19.8. The molecular formula is C22H18N5O4+. The number of rotatable bonds is 6. The first-order chi connectivity index (χ1) is 15.1. The van der Waals surface area contributed by atoms with Gasteiger partial charge in [0, 0.05) is 30.4 Å². The molecule has 2 N–H and O–H groups in total. The SMILES string of the molecule is C#[N+]c1ccc(C(=O)N[C@H](Cc2cnc[nH]2)C(=O)OC)c(-c2nc3ccccc3o2)c1. The Morgan fingerprint density at radius 2 is 2.13 bits per heavy atom. The third kappa shape index (κ3) is 4.13. The normalized spacial score (nSPS) is 11.6. The maximum atomic E-state index is 13.1. The number of hydrogen-bond acceptors (Lipinski definition) is 6. The monoisotopic (exact) mass is 416 g/mol. The summed E-state index contributed by atoms with van der Waals surface area (Å²) in [6, 6.07) is 11.1. The summed E-state index contributed by atoms with van der Waals surface area (Å²) in [5.74, 6) is -0.851. The van der Waals surface area contributed by atoms with Gasteiger partial charge < -0.3 is 19.5 Å². The second kappa shape index (κ2) is 8.51. The summed E-state index contributed by atoms with van der Waals surface area (Å²) < 4.78 is 10.7. The third-order valence-electron chi connectivity index (χ3n) is 4.69. The minimum Gasteiger partial charge on any atom is -0.467 e. The molecule has 1 amide bonds. The molecule has 1 atom stereocenters. The van der Waals surface area contributed by atoms with E-state index in [0.717, 1.165) is 0 Å². The zero-order valence-electron chi connectivity index (χ0n) is 16.5. The molecule has 154 valence electrons. The number of nitrogens with one attached hydrogen (secondary N) is 2. The van der Waals surface area contributed by atoms with Gasteiger partial charge in [0.1, 0.15) is 11.6 Å². The van der Waals surface area contributed by atoms with Gasteiger partial charge >= 0.3 is 11.7 Å². The second-order valence-electron chi connectivity index (χ2n) is 6.68. The lowest BCUT2D eigenvalue weighted by Gasteiger charge is -2.16. The Morgan fingerprint density at radius 3 is 2.84 bits per heavy atom. The van der Waals surface area contributed by atoms with Gasteiger partial charge in [-0.1, -0.05) is 12.1 Å². The van der Waals surface area contributed by atoms with Gasteiger partial charge in [-0.3, -0.25) is 4.79 Å². The summed E-state index contributed by atoms with van der Waals surface area (Å²) in [5.41, 5.74) is 2.97. The van der Waals surface area contributed by atoms with Crippen LogP contribution in [0, 0.1) is 6.57 Å². The van der Waals surface area contributed by atoms with Crippen molar-refractivity contribution in [1.82, 2.24) is 20.3 Å². The highest BCUT2D eigenvalue weighted by molar-refractivity contribution is 6.02. The molecule has 9 heteroatoms. The molecule has 2 aromatic heterocycles. The topological polar surface area (TPSA) is 114 Å². The quantitative estimate of drug-likeness (QED) is 0.466. The molecule has 31 heavy (non-hydrogen) atoms. The Morgan fingerprint density at radius 1 is 1.29 bits per heavy atom. The molecule has 2 aromatic carbocycles. The first-order valence-corrected chi connectivity index (χ1v) is 9.36. The highest BCUT2D eigenvalue weighted by atomic mass is 16.5. The minimum absolute atomic E-state index is 0.187. The smallest absolute Gasteiger partial charge is 0.340 e. The Kier molecular flexibility index (Phi) is 5.45. The summed E-state index contributed by atoms with van der Waals surface area (Å²) >= 11 is 0. The lowest BCUT2D eigenvalue weighted by atomic mass is 10.0. The number of amides is 1. The molecule has 9 nitrogen and oxygen atoms in total. The predicted octanol–water partition coefficient (Wildman–Crippen LogP) is 3.33. The number of aromatic amines is 1. The molecule has 0 spiro atoms. The van der Waals surface area contributed by atoms with Crippen molar-refractivity contribution in [3.8, 4) is 18.0 Å². The number of hydrogen-bond donors (Lipinski definition) is 2. The maximum absolute atomic E-state index is 13.1. The molecule has 0 saturated carbocycles. The van der Waals surface area contributed by atoms with Crippen LogP contribution in [0.2, 0.25) is 0 Å². The van der Waals surface area contributed by atoms with Gasteiger partial charge in [-0.25, -0.2) is 14.8 Å². The number of methoxy groups -OCH3 is 1. The van der Waals surface area contributed by atoms with Crippen LogP contribution in [-0.2, 0) is 16.0 Å². The number of imidazole rings is 1. The van der Waals surface area contributed by atoms with E-state index < -0.39 is 17.9 Å². The number of oxazole rings is 1. The van der Waals surface area contributed by atoms with Gasteiger partial charge in [0.15, 0.2) is 5.58 Å². The van der Waals surface area contributed by atoms with E-state index in [-0.39, 0.29) is 17.9 Å². The van der Waals surface area contributed by atoms with Gasteiger partial charge in [-0.05, 0) is 23.0 Å². The van der Waals surface area contributed by atoms with Gasteiger partial charge in [0.2, 0.25) is 5.89 Å². The van der Waals surface area contributed by atoms with Crippen molar-refractivity contribution in [2.24, 2.45) is 0 Å². The molecule has 0 unspecified atom stereocenters. The summed E-state index contributed by atoms with van der Waals surface area (Å²) in [6.45, 7) is 5.42. The maximum Gasteiger partial charge on any atom is 0.340 e. The fourth-order valence-electron chi connectivity index (χ4n) is 3.16. The van der Waals surface area contributed by atoms with Crippen LogP contribution in [0.25, 0.3) is 27.4 Å². The largest absolute Gasteiger partial charge is 0.467 e. The number of fused-ring (bicyclic) bond motifs is 1. The number of para-hydroxylation sites is 2. The van der Waals surface area contributed by atoms with Crippen molar-refractivity contribution in [3.05, 3.63) is 71.1 Å². The van der Waals surface area contributed by atoms with Gasteiger partial charge in [0.05, 0.1) is 24.6 Å². The molecule has 0 radical (unpaired) electrons. The van der Waals surface area contributed by atoms with Crippen LogP contribution in [0.4, 0.5) is 5.69 Å². The summed E-state index contributed by atoms with van der Waals surface area (Å²) in [4.78, 5) is 40.4. The Labute approximate surface area is 176 Å². The number of ether oxygens (including phenoxy) is 1. The van der Waals surface area contributed by atoms with Crippen LogP contribution in [0.3, 0.4) is 0 Å². The molecule has 4 aromatic rings. The minimum atomic E-state index is -0.923. The number of H-pyrrole nitrogens is 1. The number of benzene rings is 2. The van der Waals surface area contributed by atoms with Gasteiger partial charge in [0.25, 0.3) is 12.5 Å². The molecule has 0 fully saturated rings. The van der Waals surface area contributed by atoms with Crippen LogP contribution in [0.5, 0.6) is 0 Å². The Bertz CT molecular complexity index is 1250. The molecule has 4 rings (SSSR count). The van der Waals surface area contributed by atoms with E-state index in [1.54, 1.807) is 36.5 Å². The predicted molar refractivity (Wildman–Crippen MR) is 113 cm³/mol. The number of aromatic nitrogens is 3. The van der Waals surface area contributed by atoms with Crippen LogP contribution in [-0.4, -0.2) is 40.0 Å². The molecular weight excluding hydrogens is 398 g/mol. The van der Waals surface area contributed by atoms with E-state index in [0.29, 0.717) is 28.0 Å². The molecule has 0 aliphatic rings. The van der Waals surface area contributed by atoms with E-state index in [4.69, 9.17) is 15.7 Å². The lowest BCUT2D eigenvalue weighted by Crippen LogP contribution is -2.43. The number of nitrogens with zero attached hydrogens (tertiary/aromatic N) is 3. The van der Waals surface area contributed by atoms with Gasteiger partial charge in [-0.15, -0.1) is 0 Å².